The minimum Gasteiger partial charge on any atom is -0.487 e. The van der Waals surface area contributed by atoms with E-state index in [9.17, 15) is 14.9 Å². The second-order valence-electron chi connectivity index (χ2n) is 6.44. The van der Waals surface area contributed by atoms with Crippen molar-refractivity contribution in [3.63, 3.8) is 0 Å². The van der Waals surface area contributed by atoms with E-state index < -0.39 is 10.8 Å². The number of nitrogens with zero attached hydrogens (tertiary/aromatic N) is 2. The summed E-state index contributed by atoms with van der Waals surface area (Å²) in [7, 11) is 0. The van der Waals surface area contributed by atoms with Gasteiger partial charge in [-0.15, -0.1) is 0 Å². The molecule has 0 unspecified atom stereocenters. The van der Waals surface area contributed by atoms with Crippen molar-refractivity contribution in [1.82, 2.24) is 5.43 Å². The average molecular weight is 641 g/mol. The zero-order valence-electron chi connectivity index (χ0n) is 16.1. The maximum absolute atomic E-state index is 12.1. The summed E-state index contributed by atoms with van der Waals surface area (Å²) in [5.41, 5.74) is 4.55. The van der Waals surface area contributed by atoms with Crippen LogP contribution in [0.5, 0.6) is 5.75 Å². The van der Waals surface area contributed by atoms with E-state index in [1.807, 2.05) is 42.5 Å². The number of benzene rings is 3. The lowest BCUT2D eigenvalue weighted by atomic mass is 10.1. The first-order chi connectivity index (χ1) is 14.9. The molecule has 1 amide bonds. The Balaban J connectivity index is 1.61. The SMILES string of the molecule is O=C(Cc1ccccc1[N+](=O)[O-])N/N=C/c1cc(I)c(OCc2ccccc2)c(I)c1. The summed E-state index contributed by atoms with van der Waals surface area (Å²) in [5, 5.41) is 15.0. The van der Waals surface area contributed by atoms with Crippen LogP contribution in [0.1, 0.15) is 16.7 Å². The number of para-hydroxylation sites is 1. The Kier molecular flexibility index (Phi) is 8.35. The summed E-state index contributed by atoms with van der Waals surface area (Å²) in [5.74, 6) is 0.361. The molecule has 0 aliphatic rings. The first-order valence-corrected chi connectivity index (χ1v) is 11.3. The third-order valence-corrected chi connectivity index (χ3v) is 5.79. The molecule has 0 aromatic heterocycles. The number of nitro benzene ring substituents is 1. The van der Waals surface area contributed by atoms with Gasteiger partial charge in [0.25, 0.3) is 5.69 Å². The molecule has 0 heterocycles. The van der Waals surface area contributed by atoms with E-state index in [0.717, 1.165) is 24.0 Å². The number of ether oxygens (including phenoxy) is 1. The highest BCUT2D eigenvalue weighted by molar-refractivity contribution is 14.1. The van der Waals surface area contributed by atoms with Gasteiger partial charge in [-0.25, -0.2) is 5.43 Å². The lowest BCUT2D eigenvalue weighted by Crippen LogP contribution is -2.20. The van der Waals surface area contributed by atoms with Gasteiger partial charge < -0.3 is 4.74 Å². The summed E-state index contributed by atoms with van der Waals surface area (Å²) < 4.78 is 7.81. The number of halogens is 2. The normalized spacial score (nSPS) is 10.8. The molecule has 3 rings (SSSR count). The zero-order valence-corrected chi connectivity index (χ0v) is 20.4. The van der Waals surface area contributed by atoms with Gasteiger partial charge in [0.15, 0.2) is 0 Å². The third kappa shape index (κ3) is 6.72. The van der Waals surface area contributed by atoms with Crippen LogP contribution in [0.2, 0.25) is 0 Å². The third-order valence-electron chi connectivity index (χ3n) is 4.19. The molecule has 1 N–H and O–H groups in total. The van der Waals surface area contributed by atoms with Gasteiger partial charge in [-0.1, -0.05) is 48.5 Å². The molecule has 0 radical (unpaired) electrons. The number of hydrazone groups is 1. The van der Waals surface area contributed by atoms with Gasteiger partial charge in [0.2, 0.25) is 5.91 Å². The van der Waals surface area contributed by atoms with Crippen LogP contribution in [-0.4, -0.2) is 17.0 Å². The first-order valence-electron chi connectivity index (χ1n) is 9.14. The van der Waals surface area contributed by atoms with Gasteiger partial charge in [0.1, 0.15) is 12.4 Å². The van der Waals surface area contributed by atoms with Crippen LogP contribution in [0.4, 0.5) is 5.69 Å². The molecule has 3 aromatic carbocycles. The first kappa shape index (κ1) is 23.1. The minimum absolute atomic E-state index is 0.0863. The van der Waals surface area contributed by atoms with Crippen molar-refractivity contribution >= 4 is 63.0 Å². The lowest BCUT2D eigenvalue weighted by molar-refractivity contribution is -0.385. The van der Waals surface area contributed by atoms with Crippen LogP contribution < -0.4 is 10.2 Å². The van der Waals surface area contributed by atoms with Crippen molar-refractivity contribution in [3.8, 4) is 5.75 Å². The fourth-order valence-electron chi connectivity index (χ4n) is 2.75. The highest BCUT2D eigenvalue weighted by atomic mass is 127. The molecule has 158 valence electrons. The second kappa shape index (κ2) is 11.2. The minimum atomic E-state index is -0.503. The number of nitro groups is 1. The molecule has 0 atom stereocenters. The van der Waals surface area contributed by atoms with Crippen molar-refractivity contribution in [2.24, 2.45) is 5.10 Å². The monoisotopic (exact) mass is 641 g/mol. The van der Waals surface area contributed by atoms with Gasteiger partial charge in [-0.05, 0) is 68.4 Å². The Hall–Kier alpha value is -2.54. The highest BCUT2D eigenvalue weighted by Gasteiger charge is 2.15. The van der Waals surface area contributed by atoms with Gasteiger partial charge in [-0.2, -0.15) is 5.10 Å². The Labute approximate surface area is 206 Å². The van der Waals surface area contributed by atoms with E-state index >= 15 is 0 Å². The molecular weight excluding hydrogens is 624 g/mol. The number of amides is 1. The van der Waals surface area contributed by atoms with Gasteiger partial charge >= 0.3 is 0 Å². The molecule has 9 heteroatoms. The predicted octanol–water partition coefficient (Wildman–Crippen LogP) is 5.08. The van der Waals surface area contributed by atoms with E-state index in [2.05, 4.69) is 55.7 Å². The number of hydrogen-bond acceptors (Lipinski definition) is 5. The Morgan fingerprint density at radius 3 is 2.39 bits per heavy atom. The summed E-state index contributed by atoms with van der Waals surface area (Å²) in [6.45, 7) is 0.474. The molecule has 0 saturated carbocycles. The maximum atomic E-state index is 12.1. The Bertz CT molecular complexity index is 1100. The second-order valence-corrected chi connectivity index (χ2v) is 8.77. The van der Waals surface area contributed by atoms with Crippen LogP contribution >= 0.6 is 45.2 Å². The molecule has 0 bridgehead atoms. The number of rotatable bonds is 8. The molecule has 0 fully saturated rings. The Morgan fingerprint density at radius 2 is 1.71 bits per heavy atom. The highest BCUT2D eigenvalue weighted by Crippen LogP contribution is 2.29. The maximum Gasteiger partial charge on any atom is 0.273 e. The smallest absolute Gasteiger partial charge is 0.273 e. The summed E-state index contributed by atoms with van der Waals surface area (Å²) >= 11 is 4.40. The fourth-order valence-corrected chi connectivity index (χ4v) is 4.88. The van der Waals surface area contributed by atoms with Crippen molar-refractivity contribution < 1.29 is 14.5 Å². The van der Waals surface area contributed by atoms with E-state index in [4.69, 9.17) is 4.74 Å². The molecule has 31 heavy (non-hydrogen) atoms. The number of nitrogens with one attached hydrogen (secondary N) is 1. The summed E-state index contributed by atoms with van der Waals surface area (Å²) in [4.78, 5) is 22.7. The molecule has 0 saturated heterocycles. The number of carbonyl (C=O) groups is 1. The van der Waals surface area contributed by atoms with Crippen LogP contribution in [0, 0.1) is 17.3 Å². The van der Waals surface area contributed by atoms with Gasteiger partial charge in [0.05, 0.1) is 24.7 Å². The summed E-state index contributed by atoms with van der Waals surface area (Å²) in [6.07, 6.45) is 1.40. The van der Waals surface area contributed by atoms with Gasteiger partial charge in [-0.3, -0.25) is 14.9 Å². The number of carbonyl (C=O) groups excluding carboxylic acids is 1. The van der Waals surface area contributed by atoms with Crippen molar-refractivity contribution in [3.05, 3.63) is 101 Å². The van der Waals surface area contributed by atoms with Crippen LogP contribution in [0.3, 0.4) is 0 Å². The molecule has 3 aromatic rings. The largest absolute Gasteiger partial charge is 0.487 e. The lowest BCUT2D eigenvalue weighted by Gasteiger charge is -2.11. The van der Waals surface area contributed by atoms with Gasteiger partial charge in [0, 0.05) is 11.6 Å². The molecule has 0 spiro atoms. The van der Waals surface area contributed by atoms with E-state index in [0.29, 0.717) is 12.2 Å². The van der Waals surface area contributed by atoms with Crippen LogP contribution in [-0.2, 0) is 17.8 Å². The predicted molar refractivity (Wildman–Crippen MR) is 135 cm³/mol. The average Bonchev–Trinajstić information content (AvgIpc) is 2.74. The molecule has 0 aliphatic carbocycles. The van der Waals surface area contributed by atoms with E-state index in [1.165, 1.54) is 12.3 Å². The molecular formula is C22H17I2N3O4. The quantitative estimate of drug-likeness (QED) is 0.161. The molecule has 7 nitrogen and oxygen atoms in total. The van der Waals surface area contributed by atoms with Crippen molar-refractivity contribution in [2.45, 2.75) is 13.0 Å². The fraction of sp³-hybridized carbons (Fsp3) is 0.0909. The standard InChI is InChI=1S/C22H17I2N3O4/c23-18-10-16(11-19(24)22(18)31-14-15-6-2-1-3-7-15)13-25-26-21(28)12-17-8-4-5-9-20(17)27(29)30/h1-11,13H,12,14H2,(H,26,28)/b25-13+. The van der Waals surface area contributed by atoms with E-state index in [-0.39, 0.29) is 12.1 Å². The summed E-state index contributed by atoms with van der Waals surface area (Å²) in [6, 6.07) is 19.9. The van der Waals surface area contributed by atoms with E-state index in [1.54, 1.807) is 18.2 Å². The van der Waals surface area contributed by atoms with Crippen LogP contribution in [0.15, 0.2) is 71.8 Å². The zero-order chi connectivity index (χ0) is 22.2. The number of hydrogen-bond donors (Lipinski definition) is 1. The van der Waals surface area contributed by atoms with Crippen molar-refractivity contribution in [2.75, 3.05) is 0 Å². The van der Waals surface area contributed by atoms with Crippen molar-refractivity contribution in [1.29, 1.82) is 0 Å². The Morgan fingerprint density at radius 1 is 1.06 bits per heavy atom. The topological polar surface area (TPSA) is 93.8 Å². The van der Waals surface area contributed by atoms with Crippen LogP contribution in [0.25, 0.3) is 0 Å². The molecule has 0 aliphatic heterocycles.